The first-order chi connectivity index (χ1) is 11.7. The molecule has 1 spiro atoms. The monoisotopic (exact) mass is 322 g/mol. The normalized spacial score (nSPS) is 47.8. The predicted octanol–water partition coefficient (Wildman–Crippen LogP) is 2.61. The quantitative estimate of drug-likeness (QED) is 0.898. The van der Waals surface area contributed by atoms with Crippen molar-refractivity contribution in [3.05, 3.63) is 35.9 Å². The summed E-state index contributed by atoms with van der Waals surface area (Å²) >= 11 is 0. The Hall–Kier alpha value is -1.35. The number of hydrogen-bond acceptors (Lipinski definition) is 2. The van der Waals surface area contributed by atoms with E-state index in [1.807, 2.05) is 0 Å². The van der Waals surface area contributed by atoms with Crippen LogP contribution in [0.1, 0.15) is 44.1 Å². The molecule has 0 radical (unpaired) electrons. The summed E-state index contributed by atoms with van der Waals surface area (Å²) in [4.78, 5) is 13.3. The number of benzene rings is 1. The second kappa shape index (κ2) is 4.24. The molecule has 5 atom stereocenters. The Labute approximate surface area is 143 Å². The summed E-state index contributed by atoms with van der Waals surface area (Å²) in [5, 5.41) is 6.85. The van der Waals surface area contributed by atoms with Gasteiger partial charge in [-0.1, -0.05) is 30.3 Å². The Morgan fingerprint density at radius 1 is 1.08 bits per heavy atom. The van der Waals surface area contributed by atoms with E-state index >= 15 is 0 Å². The molecule has 3 heteroatoms. The summed E-state index contributed by atoms with van der Waals surface area (Å²) in [5.41, 5.74) is 2.18. The van der Waals surface area contributed by atoms with Crippen LogP contribution in [0.2, 0.25) is 0 Å². The van der Waals surface area contributed by atoms with Gasteiger partial charge in [0.05, 0.1) is 5.41 Å². The van der Waals surface area contributed by atoms with Gasteiger partial charge in [0.1, 0.15) is 0 Å². The molecule has 1 aromatic carbocycles. The molecular formula is C21H26N2O. The van der Waals surface area contributed by atoms with Crippen molar-refractivity contribution >= 4 is 5.91 Å². The number of nitrogens with one attached hydrogen (secondary N) is 2. The number of hydrogen-bond donors (Lipinski definition) is 2. The van der Waals surface area contributed by atoms with Crippen LogP contribution in [0.15, 0.2) is 30.3 Å². The minimum absolute atomic E-state index is 0.0143. The molecule has 126 valence electrons. The van der Waals surface area contributed by atoms with E-state index < -0.39 is 0 Å². The second-order valence-electron chi connectivity index (χ2n) is 9.11. The molecule has 5 fully saturated rings. The molecule has 5 unspecified atom stereocenters. The van der Waals surface area contributed by atoms with E-state index in [1.54, 1.807) is 0 Å². The van der Waals surface area contributed by atoms with Crippen molar-refractivity contribution in [2.75, 3.05) is 13.1 Å². The van der Waals surface area contributed by atoms with Crippen molar-refractivity contribution in [2.45, 2.75) is 50.0 Å². The Kier molecular flexibility index (Phi) is 2.45. The fourth-order valence-electron chi connectivity index (χ4n) is 8.03. The molecule has 6 rings (SSSR count). The highest BCUT2D eigenvalue weighted by Crippen LogP contribution is 2.97. The number of rotatable bonds is 3. The molecule has 1 aliphatic heterocycles. The van der Waals surface area contributed by atoms with Crippen LogP contribution in [0.5, 0.6) is 0 Å². The minimum Gasteiger partial charge on any atom is -0.353 e. The Balaban J connectivity index is 1.30. The zero-order chi connectivity index (χ0) is 16.0. The van der Waals surface area contributed by atoms with Gasteiger partial charge in [0.25, 0.3) is 0 Å². The molecule has 4 saturated carbocycles. The molecule has 1 amide bonds. The average Bonchev–Trinajstić information content (AvgIpc) is 2.54. The molecule has 3 nitrogen and oxygen atoms in total. The molecule has 1 saturated heterocycles. The summed E-state index contributed by atoms with van der Waals surface area (Å²) in [6.07, 6.45) is 7.16. The Morgan fingerprint density at radius 3 is 2.54 bits per heavy atom. The maximum Gasteiger partial charge on any atom is 0.227 e. The smallest absolute Gasteiger partial charge is 0.227 e. The first-order valence-corrected chi connectivity index (χ1v) is 9.80. The van der Waals surface area contributed by atoms with E-state index in [9.17, 15) is 4.79 Å². The fourth-order valence-corrected chi connectivity index (χ4v) is 8.03. The van der Waals surface area contributed by atoms with Crippen molar-refractivity contribution in [3.8, 4) is 0 Å². The molecule has 1 heterocycles. The average molecular weight is 322 g/mol. The molecule has 2 N–H and O–H groups in total. The molecule has 0 bridgehead atoms. The molecule has 5 aliphatic rings. The number of amides is 1. The maximum absolute atomic E-state index is 13.3. The molecule has 0 aromatic heterocycles. The zero-order valence-corrected chi connectivity index (χ0v) is 14.2. The van der Waals surface area contributed by atoms with Gasteiger partial charge < -0.3 is 10.6 Å². The van der Waals surface area contributed by atoms with Gasteiger partial charge in [0.2, 0.25) is 5.91 Å². The van der Waals surface area contributed by atoms with E-state index in [1.165, 1.54) is 18.4 Å². The highest BCUT2D eigenvalue weighted by molar-refractivity contribution is 5.89. The standard InChI is InChI=1S/C21H26N2O/c24-18(23-17-6-8-22-9-7-17)20-12-16-10-15-11-19(13-20,21(15,16)20)14-4-2-1-3-5-14/h1-5,15-17,22H,6-13H2,(H,23,24). The SMILES string of the molecule is O=C(NC1CCNCC1)C12CC3CC4CC(c5ccccc5)(C1)C342. The van der Waals surface area contributed by atoms with Crippen molar-refractivity contribution in [1.82, 2.24) is 10.6 Å². The lowest BCUT2D eigenvalue weighted by atomic mass is 9.07. The van der Waals surface area contributed by atoms with Crippen molar-refractivity contribution < 1.29 is 4.79 Å². The van der Waals surface area contributed by atoms with Gasteiger partial charge in [-0.15, -0.1) is 0 Å². The lowest BCUT2D eigenvalue weighted by Gasteiger charge is -2.95. The summed E-state index contributed by atoms with van der Waals surface area (Å²) in [6.45, 7) is 2.09. The predicted molar refractivity (Wildman–Crippen MR) is 92.5 cm³/mol. The maximum atomic E-state index is 13.3. The zero-order valence-electron chi connectivity index (χ0n) is 14.2. The van der Waals surface area contributed by atoms with Crippen LogP contribution in [0, 0.1) is 22.7 Å². The van der Waals surface area contributed by atoms with Crippen molar-refractivity contribution in [2.24, 2.45) is 22.7 Å². The van der Waals surface area contributed by atoms with Crippen LogP contribution >= 0.6 is 0 Å². The van der Waals surface area contributed by atoms with Gasteiger partial charge in [-0.05, 0) is 69.0 Å². The summed E-state index contributed by atoms with van der Waals surface area (Å²) in [5.74, 6) is 2.05. The number of piperidine rings is 1. The van der Waals surface area contributed by atoms with Gasteiger partial charge in [0, 0.05) is 16.9 Å². The fraction of sp³-hybridized carbons (Fsp3) is 0.667. The number of carbonyl (C=O) groups is 1. The van der Waals surface area contributed by atoms with Crippen LogP contribution in [-0.4, -0.2) is 25.0 Å². The lowest BCUT2D eigenvalue weighted by molar-refractivity contribution is -0.430. The van der Waals surface area contributed by atoms with E-state index in [-0.39, 0.29) is 5.41 Å². The van der Waals surface area contributed by atoms with E-state index in [0.29, 0.717) is 22.8 Å². The van der Waals surface area contributed by atoms with Gasteiger partial charge in [-0.2, -0.15) is 0 Å². The minimum atomic E-state index is -0.0143. The van der Waals surface area contributed by atoms with Gasteiger partial charge in [0.15, 0.2) is 0 Å². The third kappa shape index (κ3) is 1.23. The van der Waals surface area contributed by atoms with Crippen LogP contribution in [0.25, 0.3) is 0 Å². The Bertz CT molecular complexity index is 706. The molecule has 4 aliphatic carbocycles. The number of carbonyl (C=O) groups excluding carboxylic acids is 1. The van der Waals surface area contributed by atoms with E-state index in [4.69, 9.17) is 0 Å². The first kappa shape index (κ1) is 13.9. The van der Waals surface area contributed by atoms with Crippen molar-refractivity contribution in [3.63, 3.8) is 0 Å². The van der Waals surface area contributed by atoms with Crippen LogP contribution in [0.3, 0.4) is 0 Å². The van der Waals surface area contributed by atoms with E-state index in [0.717, 1.165) is 50.6 Å². The van der Waals surface area contributed by atoms with Crippen LogP contribution in [0.4, 0.5) is 0 Å². The van der Waals surface area contributed by atoms with Gasteiger partial charge in [-0.3, -0.25) is 4.79 Å². The highest BCUT2D eigenvalue weighted by atomic mass is 16.2. The van der Waals surface area contributed by atoms with Crippen LogP contribution in [-0.2, 0) is 10.2 Å². The van der Waals surface area contributed by atoms with Gasteiger partial charge in [-0.25, -0.2) is 0 Å². The second-order valence-corrected chi connectivity index (χ2v) is 9.11. The van der Waals surface area contributed by atoms with Crippen LogP contribution < -0.4 is 10.6 Å². The summed E-state index contributed by atoms with van der Waals surface area (Å²) < 4.78 is 0. The summed E-state index contributed by atoms with van der Waals surface area (Å²) in [7, 11) is 0. The highest BCUT2D eigenvalue weighted by Gasteiger charge is 2.95. The third-order valence-corrected chi connectivity index (χ3v) is 8.67. The van der Waals surface area contributed by atoms with Crippen molar-refractivity contribution in [1.29, 1.82) is 0 Å². The topological polar surface area (TPSA) is 41.1 Å². The molecule has 1 aromatic rings. The molecular weight excluding hydrogens is 296 g/mol. The third-order valence-electron chi connectivity index (χ3n) is 8.67. The van der Waals surface area contributed by atoms with Gasteiger partial charge >= 0.3 is 0 Å². The first-order valence-electron chi connectivity index (χ1n) is 9.80. The summed E-state index contributed by atoms with van der Waals surface area (Å²) in [6, 6.07) is 11.5. The van der Waals surface area contributed by atoms with E-state index in [2.05, 4.69) is 41.0 Å². The largest absolute Gasteiger partial charge is 0.353 e. The molecule has 24 heavy (non-hydrogen) atoms. The Morgan fingerprint density at radius 2 is 1.83 bits per heavy atom. The lowest BCUT2D eigenvalue weighted by Crippen LogP contribution is -2.94.